The molecule has 2 nitrogen and oxygen atoms in total. The molecule has 0 saturated heterocycles. The maximum Gasteiger partial charge on any atom is 0.416 e. The molecule has 2 aromatic rings. The summed E-state index contributed by atoms with van der Waals surface area (Å²) in [6, 6.07) is 5.49. The van der Waals surface area contributed by atoms with Crippen molar-refractivity contribution in [3.63, 3.8) is 0 Å². The van der Waals surface area contributed by atoms with E-state index in [4.69, 9.17) is 39.9 Å². The lowest BCUT2D eigenvalue weighted by atomic mass is 10.0. The molecule has 0 amide bonds. The van der Waals surface area contributed by atoms with Crippen molar-refractivity contribution in [3.05, 3.63) is 74.0 Å². The maximum absolute atomic E-state index is 13.4. The van der Waals surface area contributed by atoms with Gasteiger partial charge in [-0.25, -0.2) is 9.18 Å². The molecule has 0 bridgehead atoms. The van der Waals surface area contributed by atoms with Crippen LogP contribution in [0.2, 0.25) is 15.1 Å². The number of alkyl halides is 3. The molecule has 0 aliphatic carbocycles. The molecule has 0 aromatic heterocycles. The van der Waals surface area contributed by atoms with Crippen molar-refractivity contribution in [1.82, 2.24) is 0 Å². The van der Waals surface area contributed by atoms with Crippen LogP contribution < -0.4 is 0 Å². The van der Waals surface area contributed by atoms with Gasteiger partial charge < -0.3 is 5.11 Å². The fourth-order valence-corrected chi connectivity index (χ4v) is 2.96. The van der Waals surface area contributed by atoms with Gasteiger partial charge in [-0.05, 0) is 41.8 Å². The molecule has 2 aromatic carbocycles. The molecule has 0 heterocycles. The summed E-state index contributed by atoms with van der Waals surface area (Å²) in [4.78, 5) is 10.9. The van der Waals surface area contributed by atoms with Gasteiger partial charge in [-0.1, -0.05) is 46.9 Å². The zero-order valence-corrected chi connectivity index (χ0v) is 14.9. The second-order valence-corrected chi connectivity index (χ2v) is 6.41. The first kappa shape index (κ1) is 20.6. The quantitative estimate of drug-likeness (QED) is 0.437. The van der Waals surface area contributed by atoms with Crippen LogP contribution in [-0.4, -0.2) is 17.3 Å². The Labute approximate surface area is 160 Å². The molecule has 0 radical (unpaired) electrons. The molecule has 0 unspecified atom stereocenters. The fourth-order valence-electron chi connectivity index (χ4n) is 2.19. The van der Waals surface area contributed by atoms with Crippen LogP contribution in [0.5, 0.6) is 0 Å². The average Bonchev–Trinajstić information content (AvgIpc) is 2.51. The van der Waals surface area contributed by atoms with Gasteiger partial charge in [0, 0.05) is 0 Å². The number of benzene rings is 2. The van der Waals surface area contributed by atoms with E-state index in [1.165, 1.54) is 18.2 Å². The number of carboxylic acid groups (broad SMARTS) is 1. The zero-order valence-electron chi connectivity index (χ0n) is 12.7. The van der Waals surface area contributed by atoms with E-state index in [0.29, 0.717) is 5.56 Å². The summed E-state index contributed by atoms with van der Waals surface area (Å²) in [5.41, 5.74) is -1.24. The topological polar surface area (TPSA) is 37.3 Å². The number of aromatic carboxylic acids is 1. The number of allylic oxidation sites excluding steroid dienone is 2. The second kappa shape index (κ2) is 7.86. The standard InChI is InChI=1S/C17H9Cl3F4O2/c18-12-5-8(1-3-10(12)16(25)26)2-4-11(17(22,23)24)9-6-13(19)15(21)14(20)7-9/h1,3-7H,2H2,(H,25,26). The number of carbonyl (C=O) groups is 1. The second-order valence-electron chi connectivity index (χ2n) is 5.19. The van der Waals surface area contributed by atoms with Crippen molar-refractivity contribution in [3.8, 4) is 0 Å². The summed E-state index contributed by atoms with van der Waals surface area (Å²) in [5, 5.41) is 7.75. The highest BCUT2D eigenvalue weighted by atomic mass is 35.5. The maximum atomic E-state index is 13.4. The Hall–Kier alpha value is -1.76. The molecule has 0 fully saturated rings. The summed E-state index contributed by atoms with van der Waals surface area (Å²) in [5.74, 6) is -2.25. The number of carboxylic acids is 1. The van der Waals surface area contributed by atoms with E-state index in [1.54, 1.807) is 0 Å². The van der Waals surface area contributed by atoms with Crippen molar-refractivity contribution < 1.29 is 27.5 Å². The molecular formula is C17H9Cl3F4O2. The van der Waals surface area contributed by atoms with Crippen LogP contribution in [0.15, 0.2) is 36.4 Å². The van der Waals surface area contributed by atoms with Gasteiger partial charge in [-0.2, -0.15) is 13.2 Å². The minimum absolute atomic E-state index is 0.0928. The van der Waals surface area contributed by atoms with E-state index in [2.05, 4.69) is 0 Å². The zero-order chi connectivity index (χ0) is 19.6. The van der Waals surface area contributed by atoms with Crippen molar-refractivity contribution in [2.75, 3.05) is 0 Å². The summed E-state index contributed by atoms with van der Waals surface area (Å²) in [6.45, 7) is 0. The molecular weight excluding hydrogens is 419 g/mol. The number of halogens is 7. The lowest BCUT2D eigenvalue weighted by Crippen LogP contribution is -2.11. The Bertz CT molecular complexity index is 869. The lowest BCUT2D eigenvalue weighted by molar-refractivity contribution is -0.0690. The minimum Gasteiger partial charge on any atom is -0.478 e. The van der Waals surface area contributed by atoms with Crippen molar-refractivity contribution in [2.45, 2.75) is 12.6 Å². The minimum atomic E-state index is -4.74. The predicted octanol–water partition coefficient (Wildman–Crippen LogP) is 6.67. The van der Waals surface area contributed by atoms with E-state index in [0.717, 1.165) is 18.2 Å². The monoisotopic (exact) mass is 426 g/mol. The van der Waals surface area contributed by atoms with E-state index in [9.17, 15) is 22.4 Å². The Morgan fingerprint density at radius 2 is 1.62 bits per heavy atom. The summed E-state index contributed by atoms with van der Waals surface area (Å²) in [6.07, 6.45) is -4.07. The molecule has 2 rings (SSSR count). The third kappa shape index (κ3) is 4.69. The third-order valence-electron chi connectivity index (χ3n) is 3.41. The van der Waals surface area contributed by atoms with Crippen LogP contribution in [-0.2, 0) is 6.42 Å². The van der Waals surface area contributed by atoms with Gasteiger partial charge >= 0.3 is 12.1 Å². The van der Waals surface area contributed by atoms with E-state index >= 15 is 0 Å². The fraction of sp³-hybridized carbons (Fsp3) is 0.118. The molecule has 9 heteroatoms. The first-order valence-electron chi connectivity index (χ1n) is 6.94. The van der Waals surface area contributed by atoms with E-state index < -0.39 is 33.6 Å². The Morgan fingerprint density at radius 3 is 2.08 bits per heavy atom. The highest BCUT2D eigenvalue weighted by molar-refractivity contribution is 6.35. The highest BCUT2D eigenvalue weighted by Gasteiger charge is 2.35. The van der Waals surface area contributed by atoms with Crippen LogP contribution in [0.25, 0.3) is 5.57 Å². The van der Waals surface area contributed by atoms with Gasteiger partial charge in [0.2, 0.25) is 0 Å². The summed E-state index contributed by atoms with van der Waals surface area (Å²) >= 11 is 16.9. The van der Waals surface area contributed by atoms with Gasteiger partial charge in [0.05, 0.1) is 26.2 Å². The van der Waals surface area contributed by atoms with E-state index in [1.807, 2.05) is 0 Å². The smallest absolute Gasteiger partial charge is 0.416 e. The molecule has 0 atom stereocenters. The summed E-state index contributed by atoms with van der Waals surface area (Å²) in [7, 11) is 0. The predicted molar refractivity (Wildman–Crippen MR) is 92.6 cm³/mol. The summed E-state index contributed by atoms with van der Waals surface area (Å²) < 4.78 is 53.6. The first-order valence-corrected chi connectivity index (χ1v) is 8.08. The van der Waals surface area contributed by atoms with Crippen LogP contribution in [0, 0.1) is 5.82 Å². The number of hydrogen-bond acceptors (Lipinski definition) is 1. The van der Waals surface area contributed by atoms with Gasteiger partial charge in [0.25, 0.3) is 0 Å². The molecule has 0 aliphatic rings. The van der Waals surface area contributed by atoms with Crippen LogP contribution in [0.1, 0.15) is 21.5 Å². The third-order valence-corrected chi connectivity index (χ3v) is 4.27. The van der Waals surface area contributed by atoms with Gasteiger partial charge in [0.15, 0.2) is 5.82 Å². The van der Waals surface area contributed by atoms with E-state index in [-0.39, 0.29) is 22.6 Å². The van der Waals surface area contributed by atoms with Crippen molar-refractivity contribution >= 4 is 46.3 Å². The van der Waals surface area contributed by atoms with Crippen LogP contribution in [0.4, 0.5) is 17.6 Å². The number of hydrogen-bond donors (Lipinski definition) is 1. The Kier molecular flexibility index (Phi) is 6.21. The molecule has 1 N–H and O–H groups in total. The Balaban J connectivity index is 2.43. The molecule has 0 saturated carbocycles. The van der Waals surface area contributed by atoms with Crippen molar-refractivity contribution in [1.29, 1.82) is 0 Å². The lowest BCUT2D eigenvalue weighted by Gasteiger charge is -2.14. The first-order chi connectivity index (χ1) is 12.0. The largest absolute Gasteiger partial charge is 0.478 e. The highest BCUT2D eigenvalue weighted by Crippen LogP contribution is 2.37. The SMILES string of the molecule is O=C(O)c1ccc(CC=C(c2cc(Cl)c(F)c(Cl)c2)C(F)(F)F)cc1Cl. The Morgan fingerprint density at radius 1 is 1.04 bits per heavy atom. The molecule has 0 aliphatic heterocycles. The average molecular weight is 428 g/mol. The van der Waals surface area contributed by atoms with Gasteiger partial charge in [-0.15, -0.1) is 0 Å². The van der Waals surface area contributed by atoms with Crippen molar-refractivity contribution in [2.24, 2.45) is 0 Å². The molecule has 138 valence electrons. The van der Waals surface area contributed by atoms with Gasteiger partial charge in [0.1, 0.15) is 0 Å². The normalized spacial score (nSPS) is 12.3. The van der Waals surface area contributed by atoms with Gasteiger partial charge in [-0.3, -0.25) is 0 Å². The molecule has 26 heavy (non-hydrogen) atoms. The van der Waals surface area contributed by atoms with Crippen LogP contribution >= 0.6 is 34.8 Å². The number of rotatable bonds is 4. The van der Waals surface area contributed by atoms with Crippen LogP contribution in [0.3, 0.4) is 0 Å². The molecule has 0 spiro atoms.